The Labute approximate surface area is 113 Å². The van der Waals surface area contributed by atoms with Crippen molar-refractivity contribution in [2.24, 2.45) is 0 Å². The van der Waals surface area contributed by atoms with Crippen molar-refractivity contribution in [3.63, 3.8) is 0 Å². The van der Waals surface area contributed by atoms with Crippen molar-refractivity contribution in [3.8, 4) is 0 Å². The molecule has 18 heavy (non-hydrogen) atoms. The smallest absolute Gasteiger partial charge is 0.207 e. The van der Waals surface area contributed by atoms with Crippen LogP contribution in [0.25, 0.3) is 0 Å². The minimum atomic E-state index is -3.84. The summed E-state index contributed by atoms with van der Waals surface area (Å²) in [4.78, 5) is 0.0783. The zero-order valence-corrected chi connectivity index (χ0v) is 12.1. The minimum Gasteiger partial charge on any atom is -0.207 e. The molecule has 0 spiro atoms. The van der Waals surface area contributed by atoms with Gasteiger partial charge in [-0.05, 0) is 24.6 Å². The highest BCUT2D eigenvalue weighted by Crippen LogP contribution is 2.32. The molecule has 3 nitrogen and oxygen atoms in total. The van der Waals surface area contributed by atoms with E-state index in [2.05, 4.69) is 15.9 Å². The zero-order chi connectivity index (χ0) is 13.6. The number of nitrogens with zero attached hydrogens (tertiary/aromatic N) is 1. The number of alkyl halides is 2. The van der Waals surface area contributed by atoms with E-state index in [0.717, 1.165) is 4.31 Å². The van der Waals surface area contributed by atoms with E-state index in [0.29, 0.717) is 10.0 Å². The van der Waals surface area contributed by atoms with E-state index < -0.39 is 28.9 Å². The van der Waals surface area contributed by atoms with Gasteiger partial charge in [-0.15, -0.1) is 0 Å². The van der Waals surface area contributed by atoms with E-state index in [4.69, 9.17) is 0 Å². The first kappa shape index (κ1) is 13.9. The van der Waals surface area contributed by atoms with Crippen LogP contribution in [0.4, 0.5) is 8.78 Å². The molecule has 2 rings (SSSR count). The second-order valence-electron chi connectivity index (χ2n) is 4.35. The van der Waals surface area contributed by atoms with Crippen LogP contribution in [0.3, 0.4) is 0 Å². The fraction of sp³-hybridized carbons (Fsp3) is 0.455. The fourth-order valence-electron chi connectivity index (χ4n) is 1.90. The van der Waals surface area contributed by atoms with E-state index in [9.17, 15) is 17.2 Å². The van der Waals surface area contributed by atoms with Crippen LogP contribution in [-0.4, -0.2) is 31.7 Å². The molecule has 1 aliphatic rings. The van der Waals surface area contributed by atoms with Crippen LogP contribution in [0, 0.1) is 6.92 Å². The number of halogens is 3. The van der Waals surface area contributed by atoms with Crippen molar-refractivity contribution < 1.29 is 17.2 Å². The number of hydrogen-bond donors (Lipinski definition) is 0. The molecule has 0 atom stereocenters. The Morgan fingerprint density at radius 3 is 2.61 bits per heavy atom. The summed E-state index contributed by atoms with van der Waals surface area (Å²) in [5.74, 6) is -2.92. The summed E-state index contributed by atoms with van der Waals surface area (Å²) in [5, 5.41) is 0. The third-order valence-electron chi connectivity index (χ3n) is 2.90. The Balaban J connectivity index is 2.40. The fourth-order valence-corrected chi connectivity index (χ4v) is 4.13. The molecular formula is C11H12BrF2NO2S. The van der Waals surface area contributed by atoms with Crippen LogP contribution in [-0.2, 0) is 10.0 Å². The number of sulfonamides is 1. The molecule has 0 bridgehead atoms. The Morgan fingerprint density at radius 1 is 1.39 bits per heavy atom. The van der Waals surface area contributed by atoms with E-state index in [-0.39, 0.29) is 11.4 Å². The molecule has 0 N–H and O–H groups in total. The van der Waals surface area contributed by atoms with Gasteiger partial charge in [0.15, 0.2) is 0 Å². The first-order chi connectivity index (χ1) is 8.22. The molecule has 0 amide bonds. The Hall–Kier alpha value is -0.530. The van der Waals surface area contributed by atoms with Crippen LogP contribution in [0.2, 0.25) is 0 Å². The van der Waals surface area contributed by atoms with Gasteiger partial charge in [-0.3, -0.25) is 0 Å². The van der Waals surface area contributed by atoms with Crippen LogP contribution in [0.15, 0.2) is 27.6 Å². The Morgan fingerprint density at radius 2 is 2.06 bits per heavy atom. The average Bonchev–Trinajstić information content (AvgIpc) is 2.63. The lowest BCUT2D eigenvalue weighted by atomic mass is 10.2. The highest BCUT2D eigenvalue weighted by atomic mass is 79.9. The summed E-state index contributed by atoms with van der Waals surface area (Å²) in [5.41, 5.74) is 0.549. The molecule has 1 aromatic carbocycles. The third kappa shape index (κ3) is 2.57. The predicted molar refractivity (Wildman–Crippen MR) is 67.2 cm³/mol. The van der Waals surface area contributed by atoms with Crippen LogP contribution in [0.1, 0.15) is 12.0 Å². The van der Waals surface area contributed by atoms with Crippen LogP contribution >= 0.6 is 15.9 Å². The lowest BCUT2D eigenvalue weighted by Gasteiger charge is -2.17. The lowest BCUT2D eigenvalue weighted by Crippen LogP contribution is -2.31. The molecule has 0 aliphatic carbocycles. The van der Waals surface area contributed by atoms with E-state index >= 15 is 0 Å². The quantitative estimate of drug-likeness (QED) is 0.830. The van der Waals surface area contributed by atoms with Gasteiger partial charge in [0.05, 0.1) is 11.4 Å². The SMILES string of the molecule is Cc1ccc(Br)cc1S(=O)(=O)N1CCC(F)(F)C1. The molecular weight excluding hydrogens is 328 g/mol. The van der Waals surface area contributed by atoms with Crippen molar-refractivity contribution >= 4 is 26.0 Å². The first-order valence-corrected chi connectivity index (χ1v) is 7.60. The molecule has 1 aromatic rings. The first-order valence-electron chi connectivity index (χ1n) is 5.36. The molecule has 0 radical (unpaired) electrons. The van der Waals surface area contributed by atoms with Gasteiger partial charge < -0.3 is 0 Å². The van der Waals surface area contributed by atoms with Gasteiger partial charge in [0.1, 0.15) is 0 Å². The largest absolute Gasteiger partial charge is 0.262 e. The van der Waals surface area contributed by atoms with Gasteiger partial charge in [-0.2, -0.15) is 4.31 Å². The van der Waals surface area contributed by atoms with Gasteiger partial charge in [-0.1, -0.05) is 22.0 Å². The van der Waals surface area contributed by atoms with E-state index in [1.54, 1.807) is 19.1 Å². The molecule has 0 unspecified atom stereocenters. The third-order valence-corrected chi connectivity index (χ3v) is 5.38. The minimum absolute atomic E-state index is 0.0783. The van der Waals surface area contributed by atoms with Crippen LogP contribution in [0.5, 0.6) is 0 Å². The van der Waals surface area contributed by atoms with Gasteiger partial charge in [0.25, 0.3) is 5.92 Å². The summed E-state index contributed by atoms with van der Waals surface area (Å²) in [6.45, 7) is 0.774. The van der Waals surface area contributed by atoms with Crippen molar-refractivity contribution in [3.05, 3.63) is 28.2 Å². The van der Waals surface area contributed by atoms with E-state index in [1.807, 2.05) is 0 Å². The normalized spacial score (nSPS) is 20.2. The lowest BCUT2D eigenvalue weighted by molar-refractivity contribution is 0.0183. The van der Waals surface area contributed by atoms with Gasteiger partial charge >= 0.3 is 0 Å². The topological polar surface area (TPSA) is 37.4 Å². The number of aryl methyl sites for hydroxylation is 1. The molecule has 1 heterocycles. The predicted octanol–water partition coefficient (Wildman–Crippen LogP) is 2.79. The van der Waals surface area contributed by atoms with Crippen LogP contribution < -0.4 is 0 Å². The number of benzene rings is 1. The average molecular weight is 340 g/mol. The second-order valence-corrected chi connectivity index (χ2v) is 7.18. The summed E-state index contributed by atoms with van der Waals surface area (Å²) >= 11 is 3.19. The van der Waals surface area contributed by atoms with Crippen molar-refractivity contribution in [2.45, 2.75) is 24.2 Å². The van der Waals surface area contributed by atoms with Crippen molar-refractivity contribution in [2.75, 3.05) is 13.1 Å². The highest BCUT2D eigenvalue weighted by Gasteiger charge is 2.43. The summed E-state index contributed by atoms with van der Waals surface area (Å²) in [6, 6.07) is 4.80. The molecule has 1 aliphatic heterocycles. The standard InChI is InChI=1S/C11H12BrF2NO2S/c1-8-2-3-9(12)6-10(8)18(16,17)15-5-4-11(13,14)7-15/h2-3,6H,4-5,7H2,1H3. The summed E-state index contributed by atoms with van der Waals surface area (Å²) in [6.07, 6.45) is -0.417. The Bertz CT molecular complexity index is 574. The van der Waals surface area contributed by atoms with Crippen molar-refractivity contribution in [1.29, 1.82) is 0 Å². The molecule has 7 heteroatoms. The number of rotatable bonds is 2. The van der Waals surface area contributed by atoms with Crippen molar-refractivity contribution in [1.82, 2.24) is 4.31 Å². The molecule has 1 fully saturated rings. The Kier molecular flexibility index (Phi) is 3.50. The van der Waals surface area contributed by atoms with E-state index in [1.165, 1.54) is 6.07 Å². The summed E-state index contributed by atoms with van der Waals surface area (Å²) in [7, 11) is -3.84. The van der Waals surface area contributed by atoms with Gasteiger partial charge in [-0.25, -0.2) is 17.2 Å². The number of hydrogen-bond acceptors (Lipinski definition) is 2. The second kappa shape index (κ2) is 4.54. The summed E-state index contributed by atoms with van der Waals surface area (Å²) < 4.78 is 52.2. The highest BCUT2D eigenvalue weighted by molar-refractivity contribution is 9.10. The maximum atomic E-state index is 13.1. The maximum absolute atomic E-state index is 13.1. The zero-order valence-electron chi connectivity index (χ0n) is 9.66. The van der Waals surface area contributed by atoms with Gasteiger partial charge in [0, 0.05) is 17.4 Å². The monoisotopic (exact) mass is 339 g/mol. The molecule has 0 saturated carbocycles. The van der Waals surface area contributed by atoms with Gasteiger partial charge in [0.2, 0.25) is 10.0 Å². The molecule has 0 aromatic heterocycles. The molecule has 1 saturated heterocycles. The molecule has 100 valence electrons. The maximum Gasteiger partial charge on any atom is 0.262 e.